The summed E-state index contributed by atoms with van der Waals surface area (Å²) in [5.41, 5.74) is 1.01. The molecule has 2 aromatic rings. The summed E-state index contributed by atoms with van der Waals surface area (Å²) >= 11 is 3.35. The molecule has 0 aromatic carbocycles. The van der Waals surface area contributed by atoms with Crippen LogP contribution >= 0.6 is 22.7 Å². The molecule has 0 bridgehead atoms. The molecule has 2 aromatic heterocycles. The Labute approximate surface area is 121 Å². The van der Waals surface area contributed by atoms with Crippen LogP contribution in [0.15, 0.2) is 17.5 Å². The number of nitrogens with one attached hydrogen (secondary N) is 1. The summed E-state index contributed by atoms with van der Waals surface area (Å²) in [6.07, 6.45) is 0.579. The number of hydrogen-bond acceptors (Lipinski definition) is 4. The van der Waals surface area contributed by atoms with Gasteiger partial charge in [0.25, 0.3) is 0 Å². The summed E-state index contributed by atoms with van der Waals surface area (Å²) in [6.45, 7) is 6.68. The van der Waals surface area contributed by atoms with Crippen LogP contribution in [0, 0.1) is 12.8 Å². The van der Waals surface area contributed by atoms with Gasteiger partial charge in [-0.3, -0.25) is 4.79 Å². The smallest absolute Gasteiger partial charge is 0.220 e. The van der Waals surface area contributed by atoms with Gasteiger partial charge in [-0.1, -0.05) is 19.9 Å². The van der Waals surface area contributed by atoms with Gasteiger partial charge in [0.05, 0.1) is 17.1 Å². The van der Waals surface area contributed by atoms with E-state index >= 15 is 0 Å². The van der Waals surface area contributed by atoms with Crippen LogP contribution in [0.3, 0.4) is 0 Å². The summed E-state index contributed by atoms with van der Waals surface area (Å²) < 4.78 is 0. The highest BCUT2D eigenvalue weighted by Gasteiger charge is 2.11. The van der Waals surface area contributed by atoms with Crippen molar-refractivity contribution in [2.45, 2.75) is 33.7 Å². The molecule has 1 N–H and O–H groups in total. The summed E-state index contributed by atoms with van der Waals surface area (Å²) in [7, 11) is 0. The highest BCUT2D eigenvalue weighted by molar-refractivity contribution is 7.21. The summed E-state index contributed by atoms with van der Waals surface area (Å²) in [6, 6.07) is 4.10. The lowest BCUT2D eigenvalue weighted by Crippen LogP contribution is -2.23. The van der Waals surface area contributed by atoms with Crippen LogP contribution in [-0.4, -0.2) is 10.9 Å². The molecule has 0 saturated heterocycles. The Balaban J connectivity index is 2.00. The molecule has 0 unspecified atom stereocenters. The van der Waals surface area contributed by atoms with Crippen LogP contribution in [0.25, 0.3) is 9.88 Å². The van der Waals surface area contributed by atoms with Gasteiger partial charge in [0.2, 0.25) is 5.91 Å². The van der Waals surface area contributed by atoms with Crippen LogP contribution < -0.4 is 5.32 Å². The summed E-state index contributed by atoms with van der Waals surface area (Å²) in [5.74, 6) is 0.504. The number of hydrogen-bond donors (Lipinski definition) is 1. The minimum Gasteiger partial charge on any atom is -0.351 e. The second-order valence-electron chi connectivity index (χ2n) is 4.88. The molecule has 0 fully saturated rings. The molecule has 19 heavy (non-hydrogen) atoms. The molecular formula is C14H18N2OS2. The predicted molar refractivity (Wildman–Crippen MR) is 81.5 cm³/mol. The highest BCUT2D eigenvalue weighted by atomic mass is 32.1. The Kier molecular flexibility index (Phi) is 4.71. The van der Waals surface area contributed by atoms with Gasteiger partial charge in [-0.25, -0.2) is 4.98 Å². The maximum Gasteiger partial charge on any atom is 0.220 e. The molecule has 0 radical (unpaired) electrons. The lowest BCUT2D eigenvalue weighted by molar-refractivity contribution is -0.121. The fraction of sp³-hybridized carbons (Fsp3) is 0.429. The van der Waals surface area contributed by atoms with Crippen LogP contribution in [-0.2, 0) is 11.3 Å². The van der Waals surface area contributed by atoms with Crippen molar-refractivity contribution in [3.8, 4) is 9.88 Å². The first-order valence-electron chi connectivity index (χ1n) is 6.33. The average Bonchev–Trinajstić information content (AvgIpc) is 2.94. The van der Waals surface area contributed by atoms with Crippen molar-refractivity contribution < 1.29 is 4.79 Å². The fourth-order valence-electron chi connectivity index (χ4n) is 1.72. The van der Waals surface area contributed by atoms with Gasteiger partial charge in [0.15, 0.2) is 0 Å². The number of amides is 1. The first-order chi connectivity index (χ1) is 9.06. The van der Waals surface area contributed by atoms with E-state index in [0.717, 1.165) is 15.6 Å². The summed E-state index contributed by atoms with van der Waals surface area (Å²) in [5, 5.41) is 6.06. The number of carbonyl (C=O) groups excluding carboxylic acids is 1. The van der Waals surface area contributed by atoms with E-state index in [-0.39, 0.29) is 5.91 Å². The topological polar surface area (TPSA) is 42.0 Å². The molecular weight excluding hydrogens is 276 g/mol. The van der Waals surface area contributed by atoms with Gasteiger partial charge in [-0.05, 0) is 24.3 Å². The monoisotopic (exact) mass is 294 g/mol. The van der Waals surface area contributed by atoms with E-state index in [4.69, 9.17) is 0 Å². The van der Waals surface area contributed by atoms with Gasteiger partial charge >= 0.3 is 0 Å². The first kappa shape index (κ1) is 14.2. The second-order valence-corrected chi connectivity index (χ2v) is 6.91. The van der Waals surface area contributed by atoms with E-state index in [0.29, 0.717) is 18.9 Å². The van der Waals surface area contributed by atoms with Gasteiger partial charge in [-0.15, -0.1) is 22.7 Å². The van der Waals surface area contributed by atoms with Crippen LogP contribution in [0.1, 0.15) is 30.8 Å². The Morgan fingerprint density at radius 3 is 2.89 bits per heavy atom. The largest absolute Gasteiger partial charge is 0.351 e. The highest BCUT2D eigenvalue weighted by Crippen LogP contribution is 2.30. The second kappa shape index (κ2) is 6.30. The van der Waals surface area contributed by atoms with Crippen LogP contribution in [0.4, 0.5) is 0 Å². The molecule has 2 heterocycles. The number of aromatic nitrogens is 1. The van der Waals surface area contributed by atoms with Crippen molar-refractivity contribution in [3.63, 3.8) is 0 Å². The van der Waals surface area contributed by atoms with Gasteiger partial charge in [-0.2, -0.15) is 0 Å². The zero-order valence-corrected chi connectivity index (χ0v) is 13.0. The SMILES string of the molecule is Cc1nc(-c2cccs2)sc1CNC(=O)CC(C)C. The summed E-state index contributed by atoms with van der Waals surface area (Å²) in [4.78, 5) is 18.5. The Bertz CT molecular complexity index is 544. The first-order valence-corrected chi connectivity index (χ1v) is 8.02. The standard InChI is InChI=1S/C14H18N2OS2/c1-9(2)7-13(17)15-8-12-10(3)16-14(19-12)11-5-4-6-18-11/h4-6,9H,7-8H2,1-3H3,(H,15,17). The third kappa shape index (κ3) is 3.88. The van der Waals surface area contributed by atoms with Gasteiger partial charge < -0.3 is 5.32 Å². The molecule has 5 heteroatoms. The predicted octanol–water partition coefficient (Wildman–Crippen LogP) is 3.84. The van der Waals surface area contributed by atoms with Crippen molar-refractivity contribution in [1.29, 1.82) is 0 Å². The van der Waals surface area contributed by atoms with Crippen molar-refractivity contribution >= 4 is 28.6 Å². The molecule has 0 aliphatic rings. The zero-order valence-electron chi connectivity index (χ0n) is 11.4. The minimum absolute atomic E-state index is 0.112. The number of rotatable bonds is 5. The normalized spacial score (nSPS) is 10.9. The zero-order chi connectivity index (χ0) is 13.8. The molecule has 0 spiro atoms. The Morgan fingerprint density at radius 1 is 1.47 bits per heavy atom. The third-order valence-electron chi connectivity index (χ3n) is 2.66. The van der Waals surface area contributed by atoms with E-state index in [9.17, 15) is 4.79 Å². The molecule has 2 rings (SSSR count). The van der Waals surface area contributed by atoms with Gasteiger partial charge in [0.1, 0.15) is 5.01 Å². The quantitative estimate of drug-likeness (QED) is 0.910. The third-order valence-corrected chi connectivity index (χ3v) is 4.86. The number of carbonyl (C=O) groups is 1. The maximum atomic E-state index is 11.6. The van der Waals surface area contributed by atoms with E-state index in [1.165, 1.54) is 4.88 Å². The molecule has 0 saturated carbocycles. The average molecular weight is 294 g/mol. The van der Waals surface area contributed by atoms with E-state index in [1.54, 1.807) is 22.7 Å². The Morgan fingerprint density at radius 2 is 2.26 bits per heavy atom. The molecule has 0 aliphatic heterocycles. The van der Waals surface area contributed by atoms with E-state index in [1.807, 2.05) is 26.8 Å². The number of aryl methyl sites for hydroxylation is 1. The van der Waals surface area contributed by atoms with Crippen molar-refractivity contribution in [3.05, 3.63) is 28.1 Å². The van der Waals surface area contributed by atoms with Gasteiger partial charge in [0, 0.05) is 11.3 Å². The number of thiazole rings is 1. The molecule has 0 atom stereocenters. The molecule has 102 valence electrons. The number of nitrogens with zero attached hydrogens (tertiary/aromatic N) is 1. The Hall–Kier alpha value is -1.20. The van der Waals surface area contributed by atoms with E-state index < -0.39 is 0 Å². The van der Waals surface area contributed by atoms with Crippen molar-refractivity contribution in [2.24, 2.45) is 5.92 Å². The van der Waals surface area contributed by atoms with Crippen molar-refractivity contribution in [2.75, 3.05) is 0 Å². The lowest BCUT2D eigenvalue weighted by atomic mass is 10.1. The van der Waals surface area contributed by atoms with Crippen LogP contribution in [0.5, 0.6) is 0 Å². The fourth-order valence-corrected chi connectivity index (χ4v) is 3.52. The molecule has 0 aliphatic carbocycles. The van der Waals surface area contributed by atoms with Crippen LogP contribution in [0.2, 0.25) is 0 Å². The van der Waals surface area contributed by atoms with E-state index in [2.05, 4.69) is 21.7 Å². The van der Waals surface area contributed by atoms with Crippen molar-refractivity contribution in [1.82, 2.24) is 10.3 Å². The molecule has 3 nitrogen and oxygen atoms in total. The minimum atomic E-state index is 0.112. The molecule has 1 amide bonds. The lowest BCUT2D eigenvalue weighted by Gasteiger charge is -2.05. The number of thiophene rings is 1. The maximum absolute atomic E-state index is 11.6.